The average Bonchev–Trinajstić information content (AvgIpc) is 3.68. The maximum absolute atomic E-state index is 12.9. The van der Waals surface area contributed by atoms with Crippen LogP contribution in [0.4, 0.5) is 0 Å². The van der Waals surface area contributed by atoms with Gasteiger partial charge in [-0.25, -0.2) is 13.1 Å². The van der Waals surface area contributed by atoms with Crippen LogP contribution in [0.5, 0.6) is 0 Å². The Kier molecular flexibility index (Phi) is 5.99. The second-order valence-electron chi connectivity index (χ2n) is 8.68. The van der Waals surface area contributed by atoms with Crippen LogP contribution in [-0.4, -0.2) is 38.1 Å². The molecule has 0 heterocycles. The largest absolute Gasteiger partial charge is 0.338 e. The first-order valence-electron chi connectivity index (χ1n) is 10.7. The number of nitrogens with zero attached hydrogens (tertiary/aromatic N) is 1. The van der Waals surface area contributed by atoms with Crippen LogP contribution in [0.3, 0.4) is 0 Å². The van der Waals surface area contributed by atoms with Gasteiger partial charge in [0.2, 0.25) is 10.0 Å². The Balaban J connectivity index is 1.38. The zero-order chi connectivity index (χ0) is 22.2. The third-order valence-electron chi connectivity index (χ3n) is 6.22. The van der Waals surface area contributed by atoms with E-state index in [2.05, 4.69) is 4.72 Å². The highest BCUT2D eigenvalue weighted by molar-refractivity contribution is 7.89. The number of ketones is 1. The number of Topliss-reactive ketones (excluding diaryl/α,β-unsaturated/α-hetero) is 1. The van der Waals surface area contributed by atoms with Crippen molar-refractivity contribution in [3.63, 3.8) is 0 Å². The number of hydrogen-bond donors (Lipinski definition) is 1. The zero-order valence-corrected chi connectivity index (χ0v) is 18.7. The van der Waals surface area contributed by atoms with Gasteiger partial charge in [-0.3, -0.25) is 9.59 Å². The van der Waals surface area contributed by atoms with Gasteiger partial charge in [0.15, 0.2) is 5.78 Å². The maximum Gasteiger partial charge on any atom is 0.253 e. The van der Waals surface area contributed by atoms with Gasteiger partial charge >= 0.3 is 0 Å². The molecule has 0 radical (unpaired) electrons. The Morgan fingerprint density at radius 2 is 1.45 bits per heavy atom. The van der Waals surface area contributed by atoms with Crippen LogP contribution >= 0.6 is 0 Å². The van der Waals surface area contributed by atoms with Gasteiger partial charge in [0, 0.05) is 30.8 Å². The highest BCUT2D eigenvalue weighted by Crippen LogP contribution is 2.47. The van der Waals surface area contributed by atoms with Crippen LogP contribution in [0.25, 0.3) is 0 Å². The van der Waals surface area contributed by atoms with E-state index in [9.17, 15) is 18.0 Å². The first kappa shape index (κ1) is 21.7. The maximum atomic E-state index is 12.9. The first-order valence-corrected chi connectivity index (χ1v) is 12.2. The summed E-state index contributed by atoms with van der Waals surface area (Å²) < 4.78 is 27.6. The van der Waals surface area contributed by atoms with Crippen LogP contribution in [0.15, 0.2) is 53.4 Å². The number of carbonyl (C=O) groups excluding carboxylic acids is 2. The van der Waals surface area contributed by atoms with E-state index in [-0.39, 0.29) is 23.1 Å². The van der Waals surface area contributed by atoms with E-state index in [1.807, 2.05) is 11.9 Å². The lowest BCUT2D eigenvalue weighted by atomic mass is 10.0. The van der Waals surface area contributed by atoms with Gasteiger partial charge in [0.05, 0.1) is 4.90 Å². The molecule has 0 bridgehead atoms. The molecule has 0 spiro atoms. The monoisotopic (exact) mass is 440 g/mol. The SMILES string of the molecule is CC(=O)c1ccc(S(=O)(=O)NCc2ccc(C(=O)N(C)C(C3CC3)C3CC3)cc2)cc1. The van der Waals surface area contributed by atoms with Crippen molar-refractivity contribution in [3.05, 3.63) is 65.2 Å². The molecule has 2 aromatic carbocycles. The Bertz CT molecular complexity index is 1060. The fourth-order valence-electron chi connectivity index (χ4n) is 4.13. The number of carbonyl (C=O) groups is 2. The molecule has 0 unspecified atom stereocenters. The quantitative estimate of drug-likeness (QED) is 0.604. The summed E-state index contributed by atoms with van der Waals surface area (Å²) in [5.41, 5.74) is 1.86. The molecule has 1 N–H and O–H groups in total. The fraction of sp³-hybridized carbons (Fsp3) is 0.417. The summed E-state index contributed by atoms with van der Waals surface area (Å²) in [6.07, 6.45) is 4.87. The van der Waals surface area contributed by atoms with Crippen molar-refractivity contribution in [3.8, 4) is 0 Å². The van der Waals surface area contributed by atoms with E-state index in [1.165, 1.54) is 56.9 Å². The van der Waals surface area contributed by atoms with Crippen molar-refractivity contribution in [1.29, 1.82) is 0 Å². The van der Waals surface area contributed by atoms with Gasteiger partial charge in [-0.2, -0.15) is 0 Å². The number of amides is 1. The summed E-state index contributed by atoms with van der Waals surface area (Å²) in [5, 5.41) is 0. The lowest BCUT2D eigenvalue weighted by Crippen LogP contribution is -2.40. The van der Waals surface area contributed by atoms with Gasteiger partial charge in [0.25, 0.3) is 5.91 Å². The molecule has 0 aromatic heterocycles. The molecule has 0 saturated heterocycles. The molecule has 1 amide bonds. The van der Waals surface area contributed by atoms with Crippen molar-refractivity contribution in [1.82, 2.24) is 9.62 Å². The van der Waals surface area contributed by atoms with Crippen LogP contribution in [0.2, 0.25) is 0 Å². The average molecular weight is 441 g/mol. The van der Waals surface area contributed by atoms with Crippen molar-refractivity contribution >= 4 is 21.7 Å². The minimum absolute atomic E-state index is 0.0292. The van der Waals surface area contributed by atoms with E-state index in [0.717, 1.165) is 5.56 Å². The molecule has 31 heavy (non-hydrogen) atoms. The Morgan fingerprint density at radius 3 is 1.94 bits per heavy atom. The summed E-state index contributed by atoms with van der Waals surface area (Å²) >= 11 is 0. The highest BCUT2D eigenvalue weighted by atomic mass is 32.2. The van der Waals surface area contributed by atoms with E-state index >= 15 is 0 Å². The summed E-state index contributed by atoms with van der Waals surface area (Å²) in [6, 6.07) is 13.3. The molecular weight excluding hydrogens is 412 g/mol. The fourth-order valence-corrected chi connectivity index (χ4v) is 5.15. The molecule has 2 aromatic rings. The predicted molar refractivity (Wildman–Crippen MR) is 118 cm³/mol. The van der Waals surface area contributed by atoms with Gasteiger partial charge in [0.1, 0.15) is 0 Å². The van der Waals surface area contributed by atoms with E-state index in [1.54, 1.807) is 24.3 Å². The van der Waals surface area contributed by atoms with Crippen LogP contribution in [-0.2, 0) is 16.6 Å². The predicted octanol–water partition coefficient (Wildman–Crippen LogP) is 3.63. The van der Waals surface area contributed by atoms with Crippen molar-refractivity contribution in [2.24, 2.45) is 11.8 Å². The van der Waals surface area contributed by atoms with E-state index < -0.39 is 10.0 Å². The molecule has 6 nitrogen and oxygen atoms in total. The second-order valence-corrected chi connectivity index (χ2v) is 10.5. The summed E-state index contributed by atoms with van der Waals surface area (Å²) in [5.74, 6) is 1.22. The number of sulfonamides is 1. The molecule has 2 fully saturated rings. The molecule has 2 aliphatic rings. The van der Waals surface area contributed by atoms with Gasteiger partial charge in [-0.15, -0.1) is 0 Å². The smallest absolute Gasteiger partial charge is 0.253 e. The molecule has 2 saturated carbocycles. The number of rotatable bonds is 9. The topological polar surface area (TPSA) is 83.5 Å². The van der Waals surface area contributed by atoms with Crippen LogP contribution in [0, 0.1) is 11.8 Å². The van der Waals surface area contributed by atoms with Gasteiger partial charge < -0.3 is 4.90 Å². The molecule has 164 valence electrons. The Labute approximate surface area is 183 Å². The molecule has 4 rings (SSSR count). The summed E-state index contributed by atoms with van der Waals surface area (Å²) in [6.45, 7) is 1.56. The number of hydrogen-bond acceptors (Lipinski definition) is 4. The number of benzene rings is 2. The molecule has 2 aliphatic carbocycles. The first-order chi connectivity index (χ1) is 14.8. The van der Waals surface area contributed by atoms with Crippen molar-refractivity contribution in [2.75, 3.05) is 7.05 Å². The minimum Gasteiger partial charge on any atom is -0.338 e. The lowest BCUT2D eigenvalue weighted by Gasteiger charge is -2.28. The van der Waals surface area contributed by atoms with Gasteiger partial charge in [-0.05, 0) is 74.3 Å². The zero-order valence-electron chi connectivity index (χ0n) is 17.9. The van der Waals surface area contributed by atoms with E-state index in [0.29, 0.717) is 29.0 Å². The molecule has 0 atom stereocenters. The third-order valence-corrected chi connectivity index (χ3v) is 7.63. The highest BCUT2D eigenvalue weighted by Gasteiger charge is 2.45. The molecular formula is C24H28N2O4S. The molecule has 0 aliphatic heterocycles. The second kappa shape index (κ2) is 8.55. The van der Waals surface area contributed by atoms with Crippen LogP contribution in [0.1, 0.15) is 58.9 Å². The Hall–Kier alpha value is -2.51. The van der Waals surface area contributed by atoms with E-state index in [4.69, 9.17) is 0 Å². The summed E-state index contributed by atoms with van der Waals surface area (Å²) in [4.78, 5) is 26.3. The minimum atomic E-state index is -3.69. The van der Waals surface area contributed by atoms with Crippen molar-refractivity contribution in [2.45, 2.75) is 50.1 Å². The number of nitrogens with one attached hydrogen (secondary N) is 1. The Morgan fingerprint density at radius 1 is 0.935 bits per heavy atom. The van der Waals surface area contributed by atoms with Crippen molar-refractivity contribution < 1.29 is 18.0 Å². The lowest BCUT2D eigenvalue weighted by molar-refractivity contribution is 0.0689. The van der Waals surface area contributed by atoms with Gasteiger partial charge in [-0.1, -0.05) is 24.3 Å². The normalized spacial score (nSPS) is 16.4. The third kappa shape index (κ3) is 5.05. The molecule has 7 heteroatoms. The van der Waals surface area contributed by atoms with Crippen LogP contribution < -0.4 is 4.72 Å². The summed E-state index contributed by atoms with van der Waals surface area (Å²) in [7, 11) is -1.79. The standard InChI is InChI=1S/C24H28N2O4S/c1-16(27)18-11-13-22(14-12-18)31(29,30)25-15-17-3-5-21(6-4-17)24(28)26(2)23(19-7-8-19)20-9-10-20/h3-6,11-14,19-20,23,25H,7-10,15H2,1-2H3.